The van der Waals surface area contributed by atoms with Gasteiger partial charge < -0.3 is 10.6 Å². The highest BCUT2D eigenvalue weighted by molar-refractivity contribution is 5.84. The second-order valence-electron chi connectivity index (χ2n) is 6.36. The summed E-state index contributed by atoms with van der Waals surface area (Å²) in [5.74, 6) is -0.00266. The Morgan fingerprint density at radius 3 is 2.52 bits per heavy atom. The van der Waals surface area contributed by atoms with E-state index in [9.17, 15) is 9.59 Å². The van der Waals surface area contributed by atoms with Gasteiger partial charge in [-0.2, -0.15) is 0 Å². The van der Waals surface area contributed by atoms with Crippen molar-refractivity contribution in [1.82, 2.24) is 10.6 Å². The van der Waals surface area contributed by atoms with Crippen molar-refractivity contribution >= 4 is 11.8 Å². The van der Waals surface area contributed by atoms with Crippen LogP contribution in [0.1, 0.15) is 71.1 Å². The Labute approximate surface area is 127 Å². The van der Waals surface area contributed by atoms with Crippen LogP contribution in [-0.2, 0) is 9.59 Å². The summed E-state index contributed by atoms with van der Waals surface area (Å²) in [5.41, 5.74) is 1.34. The van der Waals surface area contributed by atoms with Crippen LogP contribution in [0.3, 0.4) is 0 Å². The van der Waals surface area contributed by atoms with Gasteiger partial charge in [0.25, 0.3) is 0 Å². The van der Waals surface area contributed by atoms with Crippen LogP contribution in [0.5, 0.6) is 0 Å². The fraction of sp³-hybridized carbons (Fsp3) is 0.765. The average Bonchev–Trinajstić information content (AvgIpc) is 2.99. The van der Waals surface area contributed by atoms with E-state index in [0.717, 1.165) is 25.7 Å². The van der Waals surface area contributed by atoms with Crippen LogP contribution in [0.15, 0.2) is 11.6 Å². The van der Waals surface area contributed by atoms with Gasteiger partial charge in [-0.15, -0.1) is 0 Å². The molecule has 2 rings (SSSR count). The Balaban J connectivity index is 1.64. The molecule has 1 saturated carbocycles. The minimum absolute atomic E-state index is 0.0154. The molecule has 1 unspecified atom stereocenters. The SMILES string of the molecule is CC(NC(=O)CCC(=O)NC1CCCC1)C1=CCCCC1. The number of carbonyl (C=O) groups excluding carboxylic acids is 2. The summed E-state index contributed by atoms with van der Waals surface area (Å²) >= 11 is 0. The smallest absolute Gasteiger partial charge is 0.220 e. The molecule has 0 aromatic heterocycles. The van der Waals surface area contributed by atoms with E-state index in [-0.39, 0.29) is 24.3 Å². The number of amides is 2. The molecule has 0 bridgehead atoms. The van der Waals surface area contributed by atoms with Crippen LogP contribution in [-0.4, -0.2) is 23.9 Å². The average molecular weight is 292 g/mol. The van der Waals surface area contributed by atoms with E-state index < -0.39 is 0 Å². The van der Waals surface area contributed by atoms with Gasteiger partial charge in [0.1, 0.15) is 0 Å². The third kappa shape index (κ3) is 5.52. The Bertz CT molecular complexity index is 398. The Morgan fingerprint density at radius 1 is 1.14 bits per heavy atom. The molecule has 0 spiro atoms. The third-order valence-corrected chi connectivity index (χ3v) is 4.56. The van der Waals surface area contributed by atoms with Gasteiger partial charge in [-0.05, 0) is 45.4 Å². The van der Waals surface area contributed by atoms with Crippen LogP contribution < -0.4 is 10.6 Å². The van der Waals surface area contributed by atoms with Gasteiger partial charge in [0.15, 0.2) is 0 Å². The monoisotopic (exact) mass is 292 g/mol. The first kappa shape index (κ1) is 16.1. The molecule has 0 heterocycles. The molecule has 4 heteroatoms. The predicted octanol–water partition coefficient (Wildman–Crippen LogP) is 2.83. The van der Waals surface area contributed by atoms with E-state index in [4.69, 9.17) is 0 Å². The lowest BCUT2D eigenvalue weighted by Crippen LogP contribution is -2.36. The minimum Gasteiger partial charge on any atom is -0.353 e. The first-order valence-corrected chi connectivity index (χ1v) is 8.43. The van der Waals surface area contributed by atoms with E-state index in [0.29, 0.717) is 12.5 Å². The summed E-state index contributed by atoms with van der Waals surface area (Å²) in [7, 11) is 0. The molecule has 0 aromatic carbocycles. The molecule has 21 heavy (non-hydrogen) atoms. The van der Waals surface area contributed by atoms with Crippen molar-refractivity contribution < 1.29 is 9.59 Å². The summed E-state index contributed by atoms with van der Waals surface area (Å²) in [4.78, 5) is 23.7. The van der Waals surface area contributed by atoms with Gasteiger partial charge in [-0.25, -0.2) is 0 Å². The zero-order chi connectivity index (χ0) is 15.1. The van der Waals surface area contributed by atoms with Gasteiger partial charge in [-0.3, -0.25) is 9.59 Å². The molecule has 2 N–H and O–H groups in total. The van der Waals surface area contributed by atoms with Gasteiger partial charge >= 0.3 is 0 Å². The van der Waals surface area contributed by atoms with Crippen LogP contribution in [0, 0.1) is 0 Å². The number of allylic oxidation sites excluding steroid dienone is 1. The third-order valence-electron chi connectivity index (χ3n) is 4.56. The lowest BCUT2D eigenvalue weighted by molar-refractivity contribution is -0.127. The number of hydrogen-bond donors (Lipinski definition) is 2. The Hall–Kier alpha value is -1.32. The first-order chi connectivity index (χ1) is 10.1. The van der Waals surface area contributed by atoms with E-state index in [1.54, 1.807) is 0 Å². The van der Waals surface area contributed by atoms with Crippen LogP contribution in [0.4, 0.5) is 0 Å². The lowest BCUT2D eigenvalue weighted by Gasteiger charge is -2.21. The Kier molecular flexibility index (Phi) is 6.27. The molecule has 2 aliphatic carbocycles. The lowest BCUT2D eigenvalue weighted by atomic mass is 9.94. The van der Waals surface area contributed by atoms with Gasteiger partial charge in [0, 0.05) is 24.9 Å². The molecular formula is C17H28N2O2. The Morgan fingerprint density at radius 2 is 1.86 bits per heavy atom. The molecule has 0 saturated heterocycles. The number of rotatable bonds is 6. The van der Waals surface area contributed by atoms with Crippen molar-refractivity contribution in [2.45, 2.75) is 83.2 Å². The highest BCUT2D eigenvalue weighted by Gasteiger charge is 2.18. The van der Waals surface area contributed by atoms with Gasteiger partial charge in [-0.1, -0.05) is 24.5 Å². The largest absolute Gasteiger partial charge is 0.353 e. The zero-order valence-corrected chi connectivity index (χ0v) is 13.1. The second-order valence-corrected chi connectivity index (χ2v) is 6.36. The van der Waals surface area contributed by atoms with E-state index in [1.807, 2.05) is 6.92 Å². The number of hydrogen-bond acceptors (Lipinski definition) is 2. The highest BCUT2D eigenvalue weighted by Crippen LogP contribution is 2.20. The normalized spacial score (nSPS) is 20.7. The van der Waals surface area contributed by atoms with Crippen molar-refractivity contribution in [1.29, 1.82) is 0 Å². The summed E-state index contributed by atoms with van der Waals surface area (Å²) in [5, 5.41) is 6.03. The topological polar surface area (TPSA) is 58.2 Å². The molecule has 1 fully saturated rings. The highest BCUT2D eigenvalue weighted by atomic mass is 16.2. The minimum atomic E-state index is -0.0180. The van der Waals surface area contributed by atoms with Crippen molar-refractivity contribution in [2.24, 2.45) is 0 Å². The number of nitrogens with one attached hydrogen (secondary N) is 2. The molecule has 118 valence electrons. The summed E-state index contributed by atoms with van der Waals surface area (Å²) in [6.07, 6.45) is 12.1. The molecular weight excluding hydrogens is 264 g/mol. The molecule has 0 aliphatic heterocycles. The summed E-state index contributed by atoms with van der Waals surface area (Å²) in [6, 6.07) is 0.447. The standard InChI is InChI=1S/C17H28N2O2/c1-13(14-7-3-2-4-8-14)18-16(20)11-12-17(21)19-15-9-5-6-10-15/h7,13,15H,2-6,8-12H2,1H3,(H,18,20)(H,19,21). The molecule has 2 amide bonds. The van der Waals surface area contributed by atoms with Crippen LogP contribution in [0.25, 0.3) is 0 Å². The quantitative estimate of drug-likeness (QED) is 0.740. The first-order valence-electron chi connectivity index (χ1n) is 8.43. The van der Waals surface area contributed by atoms with Crippen LogP contribution in [0.2, 0.25) is 0 Å². The predicted molar refractivity (Wildman–Crippen MR) is 83.8 cm³/mol. The molecule has 0 radical (unpaired) electrons. The van der Waals surface area contributed by atoms with E-state index in [1.165, 1.54) is 31.3 Å². The van der Waals surface area contributed by atoms with Crippen LogP contribution >= 0.6 is 0 Å². The molecule has 1 atom stereocenters. The van der Waals surface area contributed by atoms with Crippen molar-refractivity contribution in [3.63, 3.8) is 0 Å². The molecule has 4 nitrogen and oxygen atoms in total. The van der Waals surface area contributed by atoms with Crippen molar-refractivity contribution in [3.05, 3.63) is 11.6 Å². The maximum absolute atomic E-state index is 11.9. The fourth-order valence-corrected chi connectivity index (χ4v) is 3.26. The van der Waals surface area contributed by atoms with Gasteiger partial charge in [0.2, 0.25) is 11.8 Å². The van der Waals surface area contributed by atoms with Crippen molar-refractivity contribution in [2.75, 3.05) is 0 Å². The van der Waals surface area contributed by atoms with Gasteiger partial charge in [0.05, 0.1) is 0 Å². The van der Waals surface area contributed by atoms with Crippen molar-refractivity contribution in [3.8, 4) is 0 Å². The van der Waals surface area contributed by atoms with E-state index >= 15 is 0 Å². The maximum atomic E-state index is 11.9. The van der Waals surface area contributed by atoms with E-state index in [2.05, 4.69) is 16.7 Å². The molecule has 2 aliphatic rings. The zero-order valence-electron chi connectivity index (χ0n) is 13.1. The maximum Gasteiger partial charge on any atom is 0.220 e. The number of carbonyl (C=O) groups is 2. The second kappa shape index (κ2) is 8.20. The molecule has 0 aromatic rings. The summed E-state index contributed by atoms with van der Waals surface area (Å²) < 4.78 is 0. The fourth-order valence-electron chi connectivity index (χ4n) is 3.26. The summed E-state index contributed by atoms with van der Waals surface area (Å²) in [6.45, 7) is 2.04.